The van der Waals surface area contributed by atoms with Gasteiger partial charge in [-0.25, -0.2) is 0 Å². The van der Waals surface area contributed by atoms with Gasteiger partial charge in [-0.3, -0.25) is 9.59 Å². The van der Waals surface area contributed by atoms with Crippen LogP contribution in [0.2, 0.25) is 0 Å². The van der Waals surface area contributed by atoms with Crippen molar-refractivity contribution in [1.29, 1.82) is 0 Å². The molecule has 0 aromatic heterocycles. The van der Waals surface area contributed by atoms with Gasteiger partial charge in [-0.15, -0.1) is 0 Å². The minimum absolute atomic E-state index is 0.0550. The van der Waals surface area contributed by atoms with Crippen molar-refractivity contribution in [3.8, 4) is 5.75 Å². The molecule has 0 aliphatic carbocycles. The molecule has 1 unspecified atom stereocenters. The van der Waals surface area contributed by atoms with Gasteiger partial charge >= 0.3 is 0 Å². The van der Waals surface area contributed by atoms with Crippen LogP contribution < -0.4 is 10.1 Å². The van der Waals surface area contributed by atoms with E-state index in [4.69, 9.17) is 4.74 Å². The number of carbonyl (C=O) groups is 2. The first-order valence-corrected chi connectivity index (χ1v) is 7.61. The van der Waals surface area contributed by atoms with Crippen molar-refractivity contribution in [2.24, 2.45) is 5.92 Å². The van der Waals surface area contributed by atoms with E-state index in [1.165, 1.54) is 6.92 Å². The number of ether oxygens (including phenoxy) is 1. The van der Waals surface area contributed by atoms with Crippen LogP contribution in [-0.4, -0.2) is 43.0 Å². The summed E-state index contributed by atoms with van der Waals surface area (Å²) in [6, 6.07) is 9.11. The predicted molar refractivity (Wildman–Crippen MR) is 86.6 cm³/mol. The highest BCUT2D eigenvalue weighted by Crippen LogP contribution is 2.09. The van der Waals surface area contributed by atoms with E-state index in [2.05, 4.69) is 5.32 Å². The highest BCUT2D eigenvalue weighted by Gasteiger charge is 2.25. The zero-order valence-corrected chi connectivity index (χ0v) is 13.8. The quantitative estimate of drug-likeness (QED) is 0.748. The van der Waals surface area contributed by atoms with Gasteiger partial charge in [0.1, 0.15) is 11.8 Å². The summed E-state index contributed by atoms with van der Waals surface area (Å²) in [7, 11) is 1.75. The van der Waals surface area contributed by atoms with Gasteiger partial charge in [0.25, 0.3) is 0 Å². The van der Waals surface area contributed by atoms with Gasteiger partial charge in [0.05, 0.1) is 6.61 Å². The summed E-state index contributed by atoms with van der Waals surface area (Å²) in [5.41, 5.74) is 0. The lowest BCUT2D eigenvalue weighted by Crippen LogP contribution is -2.49. The van der Waals surface area contributed by atoms with E-state index in [0.717, 1.165) is 12.2 Å². The molecule has 0 fully saturated rings. The maximum absolute atomic E-state index is 12.4. The lowest BCUT2D eigenvalue weighted by Gasteiger charge is -2.26. The SMILES string of the molecule is CC(=O)NC(C(=O)N(C)CCCOc1ccccc1)C(C)C. The summed E-state index contributed by atoms with van der Waals surface area (Å²) < 4.78 is 5.60. The molecule has 0 radical (unpaired) electrons. The average molecular weight is 306 g/mol. The van der Waals surface area contributed by atoms with Crippen molar-refractivity contribution in [3.05, 3.63) is 30.3 Å². The maximum atomic E-state index is 12.4. The lowest BCUT2D eigenvalue weighted by molar-refractivity contribution is -0.136. The fourth-order valence-electron chi connectivity index (χ4n) is 2.09. The van der Waals surface area contributed by atoms with Gasteiger partial charge < -0.3 is 15.0 Å². The number of carbonyl (C=O) groups excluding carboxylic acids is 2. The third kappa shape index (κ3) is 6.16. The molecule has 0 bridgehead atoms. The normalized spacial score (nSPS) is 11.9. The van der Waals surface area contributed by atoms with E-state index in [1.807, 2.05) is 44.2 Å². The monoisotopic (exact) mass is 306 g/mol. The topological polar surface area (TPSA) is 58.6 Å². The van der Waals surface area contributed by atoms with Gasteiger partial charge in [-0.1, -0.05) is 32.0 Å². The van der Waals surface area contributed by atoms with E-state index in [9.17, 15) is 9.59 Å². The van der Waals surface area contributed by atoms with Crippen LogP contribution in [0.5, 0.6) is 5.75 Å². The molecule has 1 N–H and O–H groups in total. The number of likely N-dealkylation sites (N-methyl/N-ethyl adjacent to an activating group) is 1. The van der Waals surface area contributed by atoms with Crippen LogP contribution in [0.1, 0.15) is 27.2 Å². The fourth-order valence-corrected chi connectivity index (χ4v) is 2.09. The second-order valence-electron chi connectivity index (χ2n) is 5.70. The lowest BCUT2D eigenvalue weighted by atomic mass is 10.0. The molecule has 1 atom stereocenters. The third-order valence-electron chi connectivity index (χ3n) is 3.32. The summed E-state index contributed by atoms with van der Waals surface area (Å²) in [5.74, 6) is 0.631. The minimum atomic E-state index is -0.474. The second-order valence-corrected chi connectivity index (χ2v) is 5.70. The Labute approximate surface area is 132 Å². The molecule has 5 heteroatoms. The van der Waals surface area contributed by atoms with Crippen LogP contribution in [0, 0.1) is 5.92 Å². The third-order valence-corrected chi connectivity index (χ3v) is 3.32. The maximum Gasteiger partial charge on any atom is 0.245 e. The van der Waals surface area contributed by atoms with E-state index in [1.54, 1.807) is 11.9 Å². The standard InChI is InChI=1S/C17H26N2O3/c1-13(2)16(18-14(3)20)17(21)19(4)11-8-12-22-15-9-6-5-7-10-15/h5-7,9-10,13,16H,8,11-12H2,1-4H3,(H,18,20). The molecule has 1 rings (SSSR count). The average Bonchev–Trinajstić information content (AvgIpc) is 2.49. The van der Waals surface area contributed by atoms with Crippen molar-refractivity contribution in [2.45, 2.75) is 33.2 Å². The van der Waals surface area contributed by atoms with Crippen molar-refractivity contribution >= 4 is 11.8 Å². The number of rotatable bonds is 8. The fraction of sp³-hybridized carbons (Fsp3) is 0.529. The molecule has 122 valence electrons. The Hall–Kier alpha value is -2.04. The molecular formula is C17H26N2O3. The summed E-state index contributed by atoms with van der Waals surface area (Å²) in [6.45, 7) is 6.41. The van der Waals surface area contributed by atoms with E-state index >= 15 is 0 Å². The number of para-hydroxylation sites is 1. The van der Waals surface area contributed by atoms with Crippen LogP contribution >= 0.6 is 0 Å². The first kappa shape index (κ1) is 18.0. The predicted octanol–water partition coefficient (Wildman–Crippen LogP) is 2.07. The molecule has 22 heavy (non-hydrogen) atoms. The zero-order chi connectivity index (χ0) is 16.5. The molecule has 0 aliphatic rings. The Balaban J connectivity index is 2.38. The first-order valence-electron chi connectivity index (χ1n) is 7.61. The van der Waals surface area contributed by atoms with Crippen LogP contribution in [0.15, 0.2) is 30.3 Å². The second kappa shape index (κ2) is 9.07. The molecule has 0 saturated carbocycles. The first-order chi connectivity index (χ1) is 10.4. The molecule has 0 saturated heterocycles. The van der Waals surface area contributed by atoms with E-state index in [-0.39, 0.29) is 17.7 Å². The number of nitrogens with zero attached hydrogens (tertiary/aromatic N) is 1. The number of amides is 2. The van der Waals surface area contributed by atoms with Crippen LogP contribution in [0.4, 0.5) is 0 Å². The Morgan fingerprint density at radius 3 is 2.41 bits per heavy atom. The Kier molecular flexibility index (Phi) is 7.43. The Bertz CT molecular complexity index is 474. The number of hydrogen-bond acceptors (Lipinski definition) is 3. The molecule has 1 aromatic rings. The van der Waals surface area contributed by atoms with Crippen LogP contribution in [0.3, 0.4) is 0 Å². The number of nitrogens with one attached hydrogen (secondary N) is 1. The van der Waals surface area contributed by atoms with Gasteiger partial charge in [-0.05, 0) is 24.5 Å². The Morgan fingerprint density at radius 2 is 1.86 bits per heavy atom. The molecular weight excluding hydrogens is 280 g/mol. The molecule has 0 heterocycles. The molecule has 5 nitrogen and oxygen atoms in total. The molecule has 1 aromatic carbocycles. The van der Waals surface area contributed by atoms with Crippen molar-refractivity contribution in [3.63, 3.8) is 0 Å². The summed E-state index contributed by atoms with van der Waals surface area (Å²) in [6.07, 6.45) is 0.738. The van der Waals surface area contributed by atoms with Crippen LogP contribution in [0.25, 0.3) is 0 Å². The van der Waals surface area contributed by atoms with E-state index in [0.29, 0.717) is 13.2 Å². The largest absolute Gasteiger partial charge is 0.494 e. The summed E-state index contributed by atoms with van der Waals surface area (Å²) in [5, 5.41) is 2.71. The van der Waals surface area contributed by atoms with E-state index < -0.39 is 6.04 Å². The number of hydrogen-bond donors (Lipinski definition) is 1. The summed E-state index contributed by atoms with van der Waals surface area (Å²) in [4.78, 5) is 25.2. The van der Waals surface area contributed by atoms with Gasteiger partial charge in [0, 0.05) is 20.5 Å². The van der Waals surface area contributed by atoms with Crippen molar-refractivity contribution in [1.82, 2.24) is 10.2 Å². The molecule has 0 aliphatic heterocycles. The summed E-state index contributed by atoms with van der Waals surface area (Å²) >= 11 is 0. The highest BCUT2D eigenvalue weighted by molar-refractivity contribution is 5.86. The number of benzene rings is 1. The zero-order valence-electron chi connectivity index (χ0n) is 13.8. The molecule has 2 amide bonds. The van der Waals surface area contributed by atoms with Crippen LogP contribution in [-0.2, 0) is 9.59 Å². The highest BCUT2D eigenvalue weighted by atomic mass is 16.5. The minimum Gasteiger partial charge on any atom is -0.494 e. The van der Waals surface area contributed by atoms with Gasteiger partial charge in [-0.2, -0.15) is 0 Å². The molecule has 0 spiro atoms. The Morgan fingerprint density at radius 1 is 1.23 bits per heavy atom. The van der Waals surface area contributed by atoms with Crippen molar-refractivity contribution in [2.75, 3.05) is 20.2 Å². The van der Waals surface area contributed by atoms with Gasteiger partial charge in [0.15, 0.2) is 0 Å². The van der Waals surface area contributed by atoms with Crippen molar-refractivity contribution < 1.29 is 14.3 Å². The van der Waals surface area contributed by atoms with Gasteiger partial charge in [0.2, 0.25) is 11.8 Å². The smallest absolute Gasteiger partial charge is 0.245 e.